The van der Waals surface area contributed by atoms with Gasteiger partial charge in [-0.3, -0.25) is 4.79 Å². The van der Waals surface area contributed by atoms with Crippen molar-refractivity contribution in [1.29, 1.82) is 0 Å². The Morgan fingerprint density at radius 1 is 1.29 bits per heavy atom. The monoisotopic (exact) mass is 298 g/mol. The highest BCUT2D eigenvalue weighted by Gasteiger charge is 2.23. The third-order valence-corrected chi connectivity index (χ3v) is 3.44. The third kappa shape index (κ3) is 7.11. The number of ether oxygens (including phenoxy) is 1. The Balaban J connectivity index is 2.25. The van der Waals surface area contributed by atoms with Crippen molar-refractivity contribution in [1.82, 2.24) is 10.2 Å². The number of alkyl carbamates (subject to hydrolysis) is 1. The van der Waals surface area contributed by atoms with Gasteiger partial charge in [-0.15, -0.1) is 0 Å². The van der Waals surface area contributed by atoms with Crippen LogP contribution in [0.15, 0.2) is 0 Å². The van der Waals surface area contributed by atoms with Gasteiger partial charge in [-0.05, 0) is 46.0 Å². The number of carbonyl (C=O) groups excluding carboxylic acids is 3. The van der Waals surface area contributed by atoms with Gasteiger partial charge in [0.15, 0.2) is 0 Å². The zero-order chi connectivity index (χ0) is 15.9. The highest BCUT2D eigenvalue weighted by molar-refractivity contribution is 5.82. The number of rotatable bonds is 5. The first-order valence-corrected chi connectivity index (χ1v) is 7.50. The number of hydrogen-bond acceptors (Lipinski definition) is 4. The topological polar surface area (TPSA) is 75.7 Å². The van der Waals surface area contributed by atoms with Gasteiger partial charge in [-0.2, -0.15) is 0 Å². The van der Waals surface area contributed by atoms with Crippen LogP contribution >= 0.6 is 0 Å². The van der Waals surface area contributed by atoms with Gasteiger partial charge in [-0.25, -0.2) is 4.79 Å². The maximum atomic E-state index is 12.0. The zero-order valence-corrected chi connectivity index (χ0v) is 13.2. The molecule has 0 atom stereocenters. The van der Waals surface area contributed by atoms with Crippen LogP contribution in [-0.4, -0.2) is 48.4 Å². The van der Waals surface area contributed by atoms with Crippen LogP contribution in [-0.2, 0) is 14.3 Å². The van der Waals surface area contributed by atoms with Crippen molar-refractivity contribution in [2.24, 2.45) is 5.92 Å². The molecule has 1 N–H and O–H groups in total. The van der Waals surface area contributed by atoms with E-state index in [0.717, 1.165) is 25.5 Å². The summed E-state index contributed by atoms with van der Waals surface area (Å²) in [7, 11) is 0. The van der Waals surface area contributed by atoms with Crippen LogP contribution in [0.4, 0.5) is 4.79 Å². The van der Waals surface area contributed by atoms with Gasteiger partial charge >= 0.3 is 6.09 Å². The molecule has 6 heteroatoms. The summed E-state index contributed by atoms with van der Waals surface area (Å²) in [4.78, 5) is 35.6. The Labute approximate surface area is 126 Å². The van der Waals surface area contributed by atoms with E-state index in [1.165, 1.54) is 0 Å². The normalized spacial score (nSPS) is 16.4. The summed E-state index contributed by atoms with van der Waals surface area (Å²) < 4.78 is 5.08. The van der Waals surface area contributed by atoms with Crippen LogP contribution in [0.1, 0.15) is 46.5 Å². The van der Waals surface area contributed by atoms with E-state index in [9.17, 15) is 14.4 Å². The van der Waals surface area contributed by atoms with Gasteiger partial charge in [0, 0.05) is 19.5 Å². The molecule has 0 radical (unpaired) electrons. The Kier molecular flexibility index (Phi) is 6.65. The fourth-order valence-corrected chi connectivity index (χ4v) is 2.35. The molecule has 0 saturated carbocycles. The summed E-state index contributed by atoms with van der Waals surface area (Å²) in [6.45, 7) is 6.68. The summed E-state index contributed by atoms with van der Waals surface area (Å²) >= 11 is 0. The first-order chi connectivity index (χ1) is 9.81. The molecule has 1 rings (SSSR count). The minimum atomic E-state index is -0.572. The van der Waals surface area contributed by atoms with Crippen LogP contribution in [0.3, 0.4) is 0 Å². The summed E-state index contributed by atoms with van der Waals surface area (Å²) in [5, 5.41) is 2.48. The highest BCUT2D eigenvalue weighted by Crippen LogP contribution is 2.21. The lowest BCUT2D eigenvalue weighted by Gasteiger charge is -2.32. The predicted octanol–water partition coefficient (Wildman–Crippen LogP) is 1.73. The average molecular weight is 298 g/mol. The van der Waals surface area contributed by atoms with Crippen LogP contribution in [0, 0.1) is 5.92 Å². The molecule has 1 fully saturated rings. The molecule has 120 valence electrons. The lowest BCUT2D eigenvalue weighted by atomic mass is 9.92. The van der Waals surface area contributed by atoms with E-state index >= 15 is 0 Å². The van der Waals surface area contributed by atoms with Crippen molar-refractivity contribution in [3.63, 3.8) is 0 Å². The average Bonchev–Trinajstić information content (AvgIpc) is 2.41. The molecule has 0 spiro atoms. The fourth-order valence-electron chi connectivity index (χ4n) is 2.35. The maximum Gasteiger partial charge on any atom is 0.408 e. The van der Waals surface area contributed by atoms with Crippen LogP contribution < -0.4 is 5.32 Å². The van der Waals surface area contributed by atoms with E-state index in [1.54, 1.807) is 25.7 Å². The van der Waals surface area contributed by atoms with E-state index < -0.39 is 11.7 Å². The molecule has 0 unspecified atom stereocenters. The molecule has 6 nitrogen and oxygen atoms in total. The molecule has 1 aliphatic heterocycles. The van der Waals surface area contributed by atoms with Gasteiger partial charge in [0.1, 0.15) is 18.4 Å². The first kappa shape index (κ1) is 17.5. The number of aldehydes is 1. The Morgan fingerprint density at radius 3 is 2.43 bits per heavy atom. The van der Waals surface area contributed by atoms with Crippen molar-refractivity contribution in [3.8, 4) is 0 Å². The smallest absolute Gasteiger partial charge is 0.408 e. The minimum Gasteiger partial charge on any atom is -0.444 e. The number of nitrogens with zero attached hydrogens (tertiary/aromatic N) is 1. The molecule has 0 aromatic heterocycles. The molecular weight excluding hydrogens is 272 g/mol. The molecule has 1 aliphatic rings. The summed E-state index contributed by atoms with van der Waals surface area (Å²) in [5.74, 6) is 0.438. The molecule has 1 saturated heterocycles. The minimum absolute atomic E-state index is 0.0338. The summed E-state index contributed by atoms with van der Waals surface area (Å²) in [6.07, 6.45) is 3.72. The van der Waals surface area contributed by atoms with Gasteiger partial charge in [-0.1, -0.05) is 0 Å². The number of nitrogens with one attached hydrogen (secondary N) is 1. The second-order valence-electron chi connectivity index (χ2n) is 6.42. The number of likely N-dealkylation sites (tertiary alicyclic amines) is 1. The van der Waals surface area contributed by atoms with Crippen LogP contribution in [0.25, 0.3) is 0 Å². The fraction of sp³-hybridized carbons (Fsp3) is 0.800. The van der Waals surface area contributed by atoms with E-state index in [4.69, 9.17) is 4.74 Å². The quantitative estimate of drug-likeness (QED) is 0.784. The summed E-state index contributed by atoms with van der Waals surface area (Å²) in [5.41, 5.74) is -0.565. The Bertz CT molecular complexity index is 368. The standard InChI is InChI=1S/C15H26N2O4/c1-15(2,3)21-14(20)16-11-13(19)17-8-6-12(7-9-17)5-4-10-18/h10,12H,4-9,11H2,1-3H3,(H,16,20). The number of amides is 2. The molecule has 1 heterocycles. The van der Waals surface area contributed by atoms with Gasteiger partial charge in [0.25, 0.3) is 0 Å². The first-order valence-electron chi connectivity index (χ1n) is 7.50. The van der Waals surface area contributed by atoms with E-state index in [2.05, 4.69) is 5.32 Å². The van der Waals surface area contributed by atoms with E-state index in [0.29, 0.717) is 25.4 Å². The van der Waals surface area contributed by atoms with Crippen molar-refractivity contribution in [2.75, 3.05) is 19.6 Å². The largest absolute Gasteiger partial charge is 0.444 e. The van der Waals surface area contributed by atoms with E-state index in [1.807, 2.05) is 0 Å². The molecule has 0 aromatic rings. The molecule has 0 bridgehead atoms. The molecule has 2 amide bonds. The lowest BCUT2D eigenvalue weighted by Crippen LogP contribution is -2.45. The molecule has 21 heavy (non-hydrogen) atoms. The predicted molar refractivity (Wildman–Crippen MR) is 78.8 cm³/mol. The van der Waals surface area contributed by atoms with E-state index in [-0.39, 0.29) is 12.5 Å². The number of piperidine rings is 1. The SMILES string of the molecule is CC(C)(C)OC(=O)NCC(=O)N1CCC(CCC=O)CC1. The number of hydrogen-bond donors (Lipinski definition) is 1. The van der Waals surface area contributed by atoms with Crippen LogP contribution in [0.5, 0.6) is 0 Å². The Morgan fingerprint density at radius 2 is 1.90 bits per heavy atom. The van der Waals surface area contributed by atoms with Crippen molar-refractivity contribution < 1.29 is 19.1 Å². The Hall–Kier alpha value is -1.59. The molecule has 0 aliphatic carbocycles. The maximum absolute atomic E-state index is 12.0. The van der Waals surface area contributed by atoms with Crippen molar-refractivity contribution in [3.05, 3.63) is 0 Å². The van der Waals surface area contributed by atoms with Crippen LogP contribution in [0.2, 0.25) is 0 Å². The lowest BCUT2D eigenvalue weighted by molar-refractivity contribution is -0.131. The highest BCUT2D eigenvalue weighted by atomic mass is 16.6. The van der Waals surface area contributed by atoms with Crippen molar-refractivity contribution >= 4 is 18.3 Å². The number of carbonyl (C=O) groups is 3. The van der Waals surface area contributed by atoms with Gasteiger partial charge in [0.2, 0.25) is 5.91 Å². The second-order valence-corrected chi connectivity index (χ2v) is 6.42. The zero-order valence-electron chi connectivity index (χ0n) is 13.2. The van der Waals surface area contributed by atoms with Crippen molar-refractivity contribution in [2.45, 2.75) is 52.1 Å². The second kappa shape index (κ2) is 8.00. The van der Waals surface area contributed by atoms with Gasteiger partial charge < -0.3 is 19.7 Å². The summed E-state index contributed by atoms with van der Waals surface area (Å²) in [6, 6.07) is 0. The third-order valence-electron chi connectivity index (χ3n) is 3.44. The molecule has 0 aromatic carbocycles. The molecular formula is C15H26N2O4. The van der Waals surface area contributed by atoms with Gasteiger partial charge in [0.05, 0.1) is 0 Å².